The molecule has 2 aromatic carbocycles. The highest BCUT2D eigenvalue weighted by atomic mass is 16.2. The Morgan fingerprint density at radius 3 is 2.67 bits per heavy atom. The van der Waals surface area contributed by atoms with Gasteiger partial charge in [-0.2, -0.15) is 0 Å². The molecule has 27 heavy (non-hydrogen) atoms. The first-order valence-electron chi connectivity index (χ1n) is 8.61. The van der Waals surface area contributed by atoms with Crippen molar-refractivity contribution in [2.45, 2.75) is 6.92 Å². The minimum atomic E-state index is -0.286. The van der Waals surface area contributed by atoms with E-state index in [0.717, 1.165) is 11.1 Å². The van der Waals surface area contributed by atoms with Gasteiger partial charge in [0.25, 0.3) is 5.91 Å². The fourth-order valence-electron chi connectivity index (χ4n) is 2.99. The van der Waals surface area contributed by atoms with Crippen LogP contribution in [0.3, 0.4) is 0 Å². The summed E-state index contributed by atoms with van der Waals surface area (Å²) in [6.45, 7) is 2.23. The fraction of sp³-hybridized carbons (Fsp3) is 0.0952. The first kappa shape index (κ1) is 16.8. The zero-order chi connectivity index (χ0) is 18.8. The molecule has 0 unspecified atom stereocenters. The van der Waals surface area contributed by atoms with Crippen LogP contribution in [-0.4, -0.2) is 23.3 Å². The predicted molar refractivity (Wildman–Crippen MR) is 106 cm³/mol. The van der Waals surface area contributed by atoms with Crippen LogP contribution in [0, 0.1) is 6.92 Å². The van der Waals surface area contributed by atoms with E-state index in [1.165, 1.54) is 11.8 Å². The molecule has 6 heteroatoms. The average molecular weight is 358 g/mol. The van der Waals surface area contributed by atoms with Gasteiger partial charge in [0.2, 0.25) is 5.91 Å². The van der Waals surface area contributed by atoms with Gasteiger partial charge in [0, 0.05) is 11.9 Å². The minimum Gasteiger partial charge on any atom is -0.359 e. The maximum Gasteiger partial charge on any atom is 0.257 e. The Balaban J connectivity index is 1.56. The van der Waals surface area contributed by atoms with E-state index < -0.39 is 0 Å². The number of anilines is 3. The van der Waals surface area contributed by atoms with Crippen LogP contribution in [0.5, 0.6) is 0 Å². The fourth-order valence-corrected chi connectivity index (χ4v) is 2.99. The normalized spacial score (nSPS) is 12.6. The third kappa shape index (κ3) is 3.64. The van der Waals surface area contributed by atoms with Gasteiger partial charge in [-0.05, 0) is 36.2 Å². The molecule has 0 bridgehead atoms. The lowest BCUT2D eigenvalue weighted by Crippen LogP contribution is -2.28. The van der Waals surface area contributed by atoms with Crippen LogP contribution >= 0.6 is 0 Å². The number of hydrogen-bond acceptors (Lipinski definition) is 4. The number of aromatic nitrogens is 1. The van der Waals surface area contributed by atoms with Crippen molar-refractivity contribution in [3.05, 3.63) is 71.9 Å². The largest absolute Gasteiger partial charge is 0.359 e. The van der Waals surface area contributed by atoms with Gasteiger partial charge in [-0.3, -0.25) is 9.59 Å². The summed E-state index contributed by atoms with van der Waals surface area (Å²) in [7, 11) is 0. The Morgan fingerprint density at radius 2 is 1.85 bits per heavy atom. The number of benzene rings is 2. The molecule has 1 aliphatic rings. The first-order valence-corrected chi connectivity index (χ1v) is 8.61. The van der Waals surface area contributed by atoms with Gasteiger partial charge in [0.05, 0.1) is 17.8 Å². The van der Waals surface area contributed by atoms with Gasteiger partial charge in [-0.1, -0.05) is 42.0 Å². The van der Waals surface area contributed by atoms with E-state index >= 15 is 0 Å². The Labute approximate surface area is 156 Å². The highest BCUT2D eigenvalue weighted by Crippen LogP contribution is 2.25. The Morgan fingerprint density at radius 1 is 1.07 bits per heavy atom. The summed E-state index contributed by atoms with van der Waals surface area (Å²) in [6, 6.07) is 17.5. The van der Waals surface area contributed by atoms with E-state index in [1.54, 1.807) is 6.07 Å². The second-order valence-electron chi connectivity index (χ2n) is 6.43. The van der Waals surface area contributed by atoms with Crippen LogP contribution < -0.4 is 16.0 Å². The topological polar surface area (TPSA) is 83.1 Å². The van der Waals surface area contributed by atoms with Crippen molar-refractivity contribution in [1.82, 2.24) is 4.98 Å². The minimum absolute atomic E-state index is 0.160. The standard InChI is InChI=1S/C21H18N4O2/c1-13-4-2-5-14(8-13)15-6-3-7-17(9-15)24-21(27)16-10-18-20(22-11-16)23-12-19(26)25-18/h2-11H,12H2,1H3,(H,22,23)(H,24,27)(H,25,26). The molecular formula is C21H18N4O2. The number of aryl methyl sites for hydroxylation is 1. The molecular weight excluding hydrogens is 340 g/mol. The van der Waals surface area contributed by atoms with Crippen molar-refractivity contribution in [3.8, 4) is 11.1 Å². The second kappa shape index (κ2) is 6.92. The zero-order valence-corrected chi connectivity index (χ0v) is 14.7. The summed E-state index contributed by atoms with van der Waals surface area (Å²) in [5, 5.41) is 8.50. The number of nitrogens with one attached hydrogen (secondary N) is 3. The number of carbonyl (C=O) groups is 2. The molecule has 134 valence electrons. The van der Waals surface area contributed by atoms with Gasteiger partial charge in [0.1, 0.15) is 5.82 Å². The quantitative estimate of drug-likeness (QED) is 0.667. The number of pyridine rings is 1. The molecule has 3 aromatic rings. The van der Waals surface area contributed by atoms with Crippen molar-refractivity contribution in [1.29, 1.82) is 0 Å². The number of fused-ring (bicyclic) bond motifs is 1. The lowest BCUT2D eigenvalue weighted by atomic mass is 10.0. The van der Waals surface area contributed by atoms with Gasteiger partial charge in [-0.25, -0.2) is 4.98 Å². The van der Waals surface area contributed by atoms with E-state index in [0.29, 0.717) is 22.8 Å². The second-order valence-corrected chi connectivity index (χ2v) is 6.43. The van der Waals surface area contributed by atoms with Gasteiger partial charge >= 0.3 is 0 Å². The molecule has 0 spiro atoms. The van der Waals surface area contributed by atoms with Crippen LogP contribution in [-0.2, 0) is 4.79 Å². The highest BCUT2D eigenvalue weighted by molar-refractivity contribution is 6.07. The molecule has 0 aliphatic carbocycles. The van der Waals surface area contributed by atoms with Crippen LogP contribution in [0.4, 0.5) is 17.2 Å². The van der Waals surface area contributed by atoms with E-state index in [9.17, 15) is 9.59 Å². The molecule has 0 saturated heterocycles. The summed E-state index contributed by atoms with van der Waals surface area (Å²) < 4.78 is 0. The van der Waals surface area contributed by atoms with Crippen LogP contribution in [0.15, 0.2) is 60.8 Å². The van der Waals surface area contributed by atoms with Crippen LogP contribution in [0.1, 0.15) is 15.9 Å². The zero-order valence-electron chi connectivity index (χ0n) is 14.7. The molecule has 0 radical (unpaired) electrons. The number of rotatable bonds is 3. The molecule has 1 aliphatic heterocycles. The lowest BCUT2D eigenvalue weighted by Gasteiger charge is -2.18. The summed E-state index contributed by atoms with van der Waals surface area (Å²) in [4.78, 5) is 28.3. The van der Waals surface area contributed by atoms with Gasteiger partial charge in [-0.15, -0.1) is 0 Å². The third-order valence-corrected chi connectivity index (χ3v) is 4.31. The van der Waals surface area contributed by atoms with E-state index in [1.807, 2.05) is 49.4 Å². The summed E-state index contributed by atoms with van der Waals surface area (Å²) in [5.41, 5.74) is 4.87. The molecule has 4 rings (SSSR count). The maximum atomic E-state index is 12.6. The molecule has 0 atom stereocenters. The van der Waals surface area contributed by atoms with E-state index in [-0.39, 0.29) is 18.4 Å². The number of nitrogens with zero attached hydrogens (tertiary/aromatic N) is 1. The molecule has 1 aromatic heterocycles. The molecule has 0 fully saturated rings. The molecule has 2 amide bonds. The number of carbonyl (C=O) groups excluding carboxylic acids is 2. The van der Waals surface area contributed by atoms with Gasteiger partial charge in [0.15, 0.2) is 0 Å². The van der Waals surface area contributed by atoms with Crippen molar-refractivity contribution in [3.63, 3.8) is 0 Å². The Kier molecular flexibility index (Phi) is 4.30. The molecule has 3 N–H and O–H groups in total. The lowest BCUT2D eigenvalue weighted by molar-refractivity contribution is -0.114. The monoisotopic (exact) mass is 358 g/mol. The SMILES string of the molecule is Cc1cccc(-c2cccc(NC(=O)c3cnc4c(c3)NC(=O)CN4)c2)c1. The van der Waals surface area contributed by atoms with Crippen LogP contribution in [0.25, 0.3) is 11.1 Å². The Hall–Kier alpha value is -3.67. The maximum absolute atomic E-state index is 12.6. The summed E-state index contributed by atoms with van der Waals surface area (Å²) >= 11 is 0. The van der Waals surface area contributed by atoms with Crippen molar-refractivity contribution < 1.29 is 9.59 Å². The van der Waals surface area contributed by atoms with Crippen molar-refractivity contribution in [2.24, 2.45) is 0 Å². The third-order valence-electron chi connectivity index (χ3n) is 4.31. The first-order chi connectivity index (χ1) is 13.1. The van der Waals surface area contributed by atoms with E-state index in [4.69, 9.17) is 0 Å². The average Bonchev–Trinajstić information content (AvgIpc) is 2.67. The summed E-state index contributed by atoms with van der Waals surface area (Å²) in [5.74, 6) is 0.117. The van der Waals surface area contributed by atoms with Crippen molar-refractivity contribution >= 4 is 29.0 Å². The van der Waals surface area contributed by atoms with Crippen LogP contribution in [0.2, 0.25) is 0 Å². The van der Waals surface area contributed by atoms with Gasteiger partial charge < -0.3 is 16.0 Å². The highest BCUT2D eigenvalue weighted by Gasteiger charge is 2.17. The number of hydrogen-bond donors (Lipinski definition) is 3. The van der Waals surface area contributed by atoms with E-state index in [2.05, 4.69) is 27.0 Å². The van der Waals surface area contributed by atoms with Crippen molar-refractivity contribution in [2.75, 3.05) is 22.5 Å². The Bertz CT molecular complexity index is 1050. The molecule has 6 nitrogen and oxygen atoms in total. The molecule has 2 heterocycles. The summed E-state index contributed by atoms with van der Waals surface area (Å²) in [6.07, 6.45) is 1.49. The predicted octanol–water partition coefficient (Wildman–Crippen LogP) is 3.67. The number of amides is 2. The molecule has 0 saturated carbocycles. The smallest absolute Gasteiger partial charge is 0.257 e.